The van der Waals surface area contributed by atoms with E-state index in [0.29, 0.717) is 17.1 Å². The maximum Gasteiger partial charge on any atom is 0.296 e. The SMILES string of the molecule is COc1cc(C=CCCS)c(N)c([N+](=O)[O-])c1. The molecule has 0 aliphatic carbocycles. The summed E-state index contributed by atoms with van der Waals surface area (Å²) in [6.45, 7) is 0. The molecule has 1 aromatic rings. The van der Waals surface area contributed by atoms with Crippen LogP contribution in [0.4, 0.5) is 11.4 Å². The van der Waals surface area contributed by atoms with E-state index in [9.17, 15) is 10.1 Å². The van der Waals surface area contributed by atoms with Crippen LogP contribution in [0.25, 0.3) is 6.08 Å². The summed E-state index contributed by atoms with van der Waals surface area (Å²) in [6.07, 6.45) is 4.37. The van der Waals surface area contributed by atoms with E-state index in [1.807, 2.05) is 6.08 Å². The van der Waals surface area contributed by atoms with E-state index >= 15 is 0 Å². The van der Waals surface area contributed by atoms with Gasteiger partial charge in [-0.05, 0) is 18.2 Å². The zero-order valence-corrected chi connectivity index (χ0v) is 10.3. The molecule has 0 aliphatic heterocycles. The number of rotatable bonds is 5. The zero-order chi connectivity index (χ0) is 12.8. The van der Waals surface area contributed by atoms with Crippen molar-refractivity contribution in [2.75, 3.05) is 18.6 Å². The first-order valence-corrected chi connectivity index (χ1v) is 5.62. The first-order chi connectivity index (χ1) is 8.10. The second-order valence-electron chi connectivity index (χ2n) is 3.32. The van der Waals surface area contributed by atoms with E-state index in [-0.39, 0.29) is 11.4 Å². The van der Waals surface area contributed by atoms with Gasteiger partial charge in [0.15, 0.2) is 0 Å². The van der Waals surface area contributed by atoms with Crippen molar-refractivity contribution in [2.45, 2.75) is 6.42 Å². The molecule has 0 aliphatic rings. The third-order valence-electron chi connectivity index (χ3n) is 2.19. The molecule has 17 heavy (non-hydrogen) atoms. The van der Waals surface area contributed by atoms with E-state index in [1.165, 1.54) is 13.2 Å². The minimum Gasteiger partial charge on any atom is -0.496 e. The number of ether oxygens (including phenoxy) is 1. The number of nitrogens with two attached hydrogens (primary N) is 1. The summed E-state index contributed by atoms with van der Waals surface area (Å²) in [6, 6.07) is 2.97. The number of nitro groups is 1. The van der Waals surface area contributed by atoms with Gasteiger partial charge in [0.25, 0.3) is 5.69 Å². The Morgan fingerprint density at radius 2 is 2.29 bits per heavy atom. The number of hydrogen-bond donors (Lipinski definition) is 2. The summed E-state index contributed by atoms with van der Waals surface area (Å²) < 4.78 is 5.00. The molecule has 0 atom stereocenters. The van der Waals surface area contributed by atoms with Crippen LogP contribution >= 0.6 is 12.6 Å². The van der Waals surface area contributed by atoms with Gasteiger partial charge in [-0.25, -0.2) is 0 Å². The van der Waals surface area contributed by atoms with Crippen molar-refractivity contribution >= 4 is 30.1 Å². The van der Waals surface area contributed by atoms with Crippen molar-refractivity contribution in [1.29, 1.82) is 0 Å². The molecule has 0 bridgehead atoms. The van der Waals surface area contributed by atoms with Crippen LogP contribution in [0.2, 0.25) is 0 Å². The smallest absolute Gasteiger partial charge is 0.296 e. The molecule has 6 heteroatoms. The third kappa shape index (κ3) is 3.39. The summed E-state index contributed by atoms with van der Waals surface area (Å²) in [4.78, 5) is 10.3. The number of nitro benzene ring substituents is 1. The molecule has 0 spiro atoms. The average Bonchev–Trinajstić information content (AvgIpc) is 2.31. The van der Waals surface area contributed by atoms with Gasteiger partial charge in [-0.2, -0.15) is 12.6 Å². The number of nitrogen functional groups attached to an aromatic ring is 1. The van der Waals surface area contributed by atoms with Crippen molar-refractivity contribution in [1.82, 2.24) is 0 Å². The molecule has 2 N–H and O–H groups in total. The monoisotopic (exact) mass is 254 g/mol. The van der Waals surface area contributed by atoms with Gasteiger partial charge in [0.1, 0.15) is 11.4 Å². The highest BCUT2D eigenvalue weighted by Gasteiger charge is 2.16. The third-order valence-corrected chi connectivity index (χ3v) is 2.45. The molecule has 0 fully saturated rings. The second kappa shape index (κ2) is 6.15. The predicted octanol–water partition coefficient (Wildman–Crippen LogP) is 2.52. The number of methoxy groups -OCH3 is 1. The van der Waals surface area contributed by atoms with Gasteiger partial charge >= 0.3 is 0 Å². The highest BCUT2D eigenvalue weighted by Crippen LogP contribution is 2.31. The van der Waals surface area contributed by atoms with Crippen molar-refractivity contribution in [3.05, 3.63) is 33.9 Å². The van der Waals surface area contributed by atoms with Crippen LogP contribution in [0.1, 0.15) is 12.0 Å². The van der Waals surface area contributed by atoms with Gasteiger partial charge < -0.3 is 10.5 Å². The molecule has 0 unspecified atom stereocenters. The molecule has 0 radical (unpaired) electrons. The Balaban J connectivity index is 3.19. The van der Waals surface area contributed by atoms with Crippen LogP contribution in [0.3, 0.4) is 0 Å². The average molecular weight is 254 g/mol. The summed E-state index contributed by atoms with van der Waals surface area (Å²) in [7, 11) is 1.45. The summed E-state index contributed by atoms with van der Waals surface area (Å²) >= 11 is 4.07. The highest BCUT2D eigenvalue weighted by molar-refractivity contribution is 7.80. The Morgan fingerprint density at radius 3 is 2.82 bits per heavy atom. The molecule has 1 rings (SSSR count). The maximum absolute atomic E-state index is 10.8. The van der Waals surface area contributed by atoms with Gasteiger partial charge in [-0.1, -0.05) is 12.2 Å². The van der Waals surface area contributed by atoms with E-state index in [0.717, 1.165) is 6.42 Å². The first-order valence-electron chi connectivity index (χ1n) is 4.99. The first kappa shape index (κ1) is 13.4. The van der Waals surface area contributed by atoms with E-state index in [4.69, 9.17) is 10.5 Å². The van der Waals surface area contributed by atoms with Gasteiger partial charge in [0, 0.05) is 5.56 Å². The normalized spacial score (nSPS) is 10.7. The molecule has 5 nitrogen and oxygen atoms in total. The molecule has 0 amide bonds. The van der Waals surface area contributed by atoms with Crippen LogP contribution < -0.4 is 10.5 Å². The number of nitrogens with zero attached hydrogens (tertiary/aromatic N) is 1. The van der Waals surface area contributed by atoms with Gasteiger partial charge in [-0.3, -0.25) is 10.1 Å². The Morgan fingerprint density at radius 1 is 1.59 bits per heavy atom. The fraction of sp³-hybridized carbons (Fsp3) is 0.273. The maximum atomic E-state index is 10.8. The number of anilines is 1. The number of benzene rings is 1. The van der Waals surface area contributed by atoms with Gasteiger partial charge in [0.2, 0.25) is 0 Å². The number of thiol groups is 1. The molecule has 0 aromatic heterocycles. The Hall–Kier alpha value is -1.69. The van der Waals surface area contributed by atoms with E-state index in [2.05, 4.69) is 12.6 Å². The van der Waals surface area contributed by atoms with Crippen LogP contribution in [-0.4, -0.2) is 17.8 Å². The van der Waals surface area contributed by atoms with Crippen molar-refractivity contribution in [2.24, 2.45) is 0 Å². The van der Waals surface area contributed by atoms with Gasteiger partial charge in [-0.15, -0.1) is 0 Å². The minimum absolute atomic E-state index is 0.144. The fourth-order valence-electron chi connectivity index (χ4n) is 1.32. The zero-order valence-electron chi connectivity index (χ0n) is 9.42. The number of allylic oxidation sites excluding steroid dienone is 1. The molecule has 0 heterocycles. The molecular weight excluding hydrogens is 240 g/mol. The lowest BCUT2D eigenvalue weighted by atomic mass is 10.1. The molecule has 92 valence electrons. The molecule has 1 aromatic carbocycles. The van der Waals surface area contributed by atoms with E-state index < -0.39 is 4.92 Å². The molecule has 0 saturated heterocycles. The fourth-order valence-corrected chi connectivity index (χ4v) is 1.47. The Labute approximate surface area is 105 Å². The van der Waals surface area contributed by atoms with Crippen LogP contribution in [-0.2, 0) is 0 Å². The summed E-state index contributed by atoms with van der Waals surface area (Å²) in [5.41, 5.74) is 6.30. The van der Waals surface area contributed by atoms with Crippen molar-refractivity contribution in [3.63, 3.8) is 0 Å². The van der Waals surface area contributed by atoms with Crippen LogP contribution in [0, 0.1) is 10.1 Å². The van der Waals surface area contributed by atoms with Gasteiger partial charge in [0.05, 0.1) is 18.1 Å². The Bertz CT molecular complexity index is 447. The van der Waals surface area contributed by atoms with Crippen molar-refractivity contribution < 1.29 is 9.66 Å². The topological polar surface area (TPSA) is 78.4 Å². The summed E-state index contributed by atoms with van der Waals surface area (Å²) in [5.74, 6) is 1.12. The quantitative estimate of drug-likeness (QED) is 0.366. The second-order valence-corrected chi connectivity index (χ2v) is 3.77. The highest BCUT2D eigenvalue weighted by atomic mass is 32.1. The largest absolute Gasteiger partial charge is 0.496 e. The van der Waals surface area contributed by atoms with Crippen LogP contribution in [0.15, 0.2) is 18.2 Å². The standard InChI is InChI=1S/C11H14N2O3S/c1-16-9-6-8(4-2-3-5-17)11(12)10(7-9)13(14)15/h2,4,6-7,17H,3,5,12H2,1H3. The predicted molar refractivity (Wildman–Crippen MR) is 71.6 cm³/mol. The lowest BCUT2D eigenvalue weighted by molar-refractivity contribution is -0.384. The minimum atomic E-state index is -0.520. The number of hydrogen-bond acceptors (Lipinski definition) is 5. The van der Waals surface area contributed by atoms with E-state index in [1.54, 1.807) is 12.1 Å². The lowest BCUT2D eigenvalue weighted by Gasteiger charge is -2.05. The van der Waals surface area contributed by atoms with Crippen molar-refractivity contribution in [3.8, 4) is 5.75 Å². The summed E-state index contributed by atoms with van der Waals surface area (Å²) in [5, 5.41) is 10.8. The van der Waals surface area contributed by atoms with Crippen LogP contribution in [0.5, 0.6) is 5.75 Å². The Kier molecular flexibility index (Phi) is 4.84. The molecule has 0 saturated carbocycles. The molecular formula is C11H14N2O3S. The lowest BCUT2D eigenvalue weighted by Crippen LogP contribution is -1.99.